The van der Waals surface area contributed by atoms with E-state index >= 15 is 0 Å². The van der Waals surface area contributed by atoms with Gasteiger partial charge in [0.15, 0.2) is 0 Å². The molecule has 0 aromatic carbocycles. The Morgan fingerprint density at radius 2 is 2.39 bits per heavy atom. The number of hydrogen-bond donors (Lipinski definition) is 1. The second kappa shape index (κ2) is 8.67. The second-order valence-corrected chi connectivity index (χ2v) is 4.66. The molecule has 0 amide bonds. The Hall–Kier alpha value is -0.390. The van der Waals surface area contributed by atoms with Gasteiger partial charge in [0.1, 0.15) is 5.82 Å². The van der Waals surface area contributed by atoms with Crippen LogP contribution in [0.3, 0.4) is 0 Å². The third kappa shape index (κ3) is 4.71. The van der Waals surface area contributed by atoms with Gasteiger partial charge in [0.25, 0.3) is 5.82 Å². The van der Waals surface area contributed by atoms with E-state index in [9.17, 15) is 4.79 Å². The monoisotopic (exact) mass is 386 g/mol. The second-order valence-electron chi connectivity index (χ2n) is 3.22. The van der Waals surface area contributed by atoms with Crippen LogP contribution in [0, 0.1) is 0 Å². The Bertz CT molecular complexity index is 388. The number of aromatic nitrogens is 3. The maximum absolute atomic E-state index is 11.5. The fourth-order valence-corrected chi connectivity index (χ4v) is 1.98. The standard InChI is InChI=1S/C9H15IN4O3S/c1-2-16-9(15)8-12-7(3-4-11)14(13-8)5-6-17-18-10/h2-6,11H2,1H3. The summed E-state index contributed by atoms with van der Waals surface area (Å²) in [6, 6.07) is 0. The highest BCUT2D eigenvalue weighted by molar-refractivity contribution is 14.2. The quantitative estimate of drug-likeness (QED) is 0.308. The maximum atomic E-state index is 11.5. The molecule has 0 unspecified atom stereocenters. The molecule has 0 fully saturated rings. The van der Waals surface area contributed by atoms with E-state index in [1.807, 2.05) is 21.2 Å². The lowest BCUT2D eigenvalue weighted by Gasteiger charge is -2.03. The normalized spacial score (nSPS) is 10.6. The zero-order chi connectivity index (χ0) is 13.4. The van der Waals surface area contributed by atoms with Gasteiger partial charge < -0.3 is 14.7 Å². The minimum Gasteiger partial charge on any atom is -0.460 e. The van der Waals surface area contributed by atoms with E-state index in [4.69, 9.17) is 14.7 Å². The minimum absolute atomic E-state index is 0.0717. The van der Waals surface area contributed by atoms with Crippen LogP contribution in [-0.2, 0) is 21.9 Å². The summed E-state index contributed by atoms with van der Waals surface area (Å²) in [7, 11) is 1.25. The smallest absolute Gasteiger partial charge is 0.378 e. The summed E-state index contributed by atoms with van der Waals surface area (Å²) in [5.41, 5.74) is 5.49. The van der Waals surface area contributed by atoms with Crippen LogP contribution in [0.2, 0.25) is 0 Å². The first-order valence-corrected chi connectivity index (χ1v) is 8.72. The molecule has 1 heterocycles. The molecule has 0 aliphatic heterocycles. The average molecular weight is 386 g/mol. The first-order valence-electron chi connectivity index (χ1n) is 5.44. The predicted octanol–water partition coefficient (Wildman–Crippen LogP) is 0.971. The molecule has 0 bridgehead atoms. The van der Waals surface area contributed by atoms with Gasteiger partial charge in [0.05, 0.1) is 29.0 Å². The largest absolute Gasteiger partial charge is 0.460 e. The first-order chi connectivity index (χ1) is 8.72. The van der Waals surface area contributed by atoms with Gasteiger partial charge in [-0.3, -0.25) is 0 Å². The molecular formula is C9H15IN4O3S. The van der Waals surface area contributed by atoms with Crippen LogP contribution in [0.15, 0.2) is 0 Å². The Labute approximate surface area is 122 Å². The van der Waals surface area contributed by atoms with Crippen molar-refractivity contribution in [3.63, 3.8) is 0 Å². The maximum Gasteiger partial charge on any atom is 0.378 e. The van der Waals surface area contributed by atoms with E-state index in [0.717, 1.165) is 0 Å². The van der Waals surface area contributed by atoms with Crippen LogP contribution in [0.1, 0.15) is 23.4 Å². The first kappa shape index (κ1) is 15.7. The molecule has 0 radical (unpaired) electrons. The van der Waals surface area contributed by atoms with Crippen molar-refractivity contribution in [1.82, 2.24) is 14.8 Å². The van der Waals surface area contributed by atoms with E-state index in [0.29, 0.717) is 38.5 Å². The fraction of sp³-hybridized carbons (Fsp3) is 0.667. The molecule has 1 aromatic heterocycles. The number of rotatable bonds is 8. The Morgan fingerprint density at radius 1 is 1.61 bits per heavy atom. The van der Waals surface area contributed by atoms with Gasteiger partial charge >= 0.3 is 5.97 Å². The molecule has 0 saturated carbocycles. The molecule has 0 aliphatic rings. The predicted molar refractivity (Wildman–Crippen MR) is 76.3 cm³/mol. The van der Waals surface area contributed by atoms with Gasteiger partial charge in [-0.1, -0.05) is 0 Å². The number of halogens is 1. The fourth-order valence-electron chi connectivity index (χ4n) is 1.30. The highest BCUT2D eigenvalue weighted by atomic mass is 127. The third-order valence-electron chi connectivity index (χ3n) is 2.01. The van der Waals surface area contributed by atoms with Crippen molar-refractivity contribution in [2.24, 2.45) is 5.73 Å². The summed E-state index contributed by atoms with van der Waals surface area (Å²) in [4.78, 5) is 15.6. The summed E-state index contributed by atoms with van der Waals surface area (Å²) in [5.74, 6) is 0.226. The zero-order valence-electron chi connectivity index (χ0n) is 9.97. The van der Waals surface area contributed by atoms with Gasteiger partial charge in [-0.25, -0.2) is 14.5 Å². The van der Waals surface area contributed by atoms with Crippen molar-refractivity contribution in [3.8, 4) is 0 Å². The number of hydrogen-bond acceptors (Lipinski definition) is 7. The summed E-state index contributed by atoms with van der Waals surface area (Å²) in [5, 5.41) is 4.10. The molecular weight excluding hydrogens is 371 g/mol. The van der Waals surface area contributed by atoms with E-state index < -0.39 is 5.97 Å². The van der Waals surface area contributed by atoms with Gasteiger partial charge in [-0.15, -0.1) is 5.10 Å². The van der Waals surface area contributed by atoms with Crippen LogP contribution in [0.4, 0.5) is 0 Å². The van der Waals surface area contributed by atoms with Gasteiger partial charge in [0, 0.05) is 27.6 Å². The van der Waals surface area contributed by atoms with Crippen molar-refractivity contribution in [2.45, 2.75) is 19.9 Å². The number of carbonyl (C=O) groups is 1. The third-order valence-corrected chi connectivity index (χ3v) is 3.02. The summed E-state index contributed by atoms with van der Waals surface area (Å²) in [6.07, 6.45) is 0.559. The number of nitrogens with zero attached hydrogens (tertiary/aromatic N) is 3. The van der Waals surface area contributed by atoms with Crippen molar-refractivity contribution < 1.29 is 13.7 Å². The SMILES string of the molecule is CCOC(=O)c1nc(CCN)n(CCOSI)n1. The average Bonchev–Trinajstić information content (AvgIpc) is 2.74. The lowest BCUT2D eigenvalue weighted by atomic mass is 10.4. The molecule has 2 N–H and O–H groups in total. The van der Waals surface area contributed by atoms with Crippen LogP contribution < -0.4 is 5.73 Å². The molecule has 18 heavy (non-hydrogen) atoms. The van der Waals surface area contributed by atoms with E-state index in [1.54, 1.807) is 11.6 Å². The van der Waals surface area contributed by atoms with Crippen LogP contribution in [0.5, 0.6) is 0 Å². The molecule has 1 aromatic rings. The van der Waals surface area contributed by atoms with E-state index in [2.05, 4.69) is 10.1 Å². The van der Waals surface area contributed by atoms with Crippen LogP contribution in [0.25, 0.3) is 0 Å². The van der Waals surface area contributed by atoms with Crippen molar-refractivity contribution >= 4 is 36.4 Å². The highest BCUT2D eigenvalue weighted by Gasteiger charge is 2.16. The number of nitrogens with two attached hydrogens (primary N) is 1. The summed E-state index contributed by atoms with van der Waals surface area (Å²) < 4.78 is 11.6. The molecule has 0 saturated heterocycles. The Morgan fingerprint density at radius 3 is 3.00 bits per heavy atom. The molecule has 0 aliphatic carbocycles. The summed E-state index contributed by atoms with van der Waals surface area (Å²) >= 11 is 2.04. The van der Waals surface area contributed by atoms with Crippen molar-refractivity contribution in [3.05, 3.63) is 11.6 Å². The molecule has 0 atom stereocenters. The lowest BCUT2D eigenvalue weighted by Crippen LogP contribution is -2.13. The zero-order valence-corrected chi connectivity index (χ0v) is 12.9. The number of ether oxygens (including phenoxy) is 1. The lowest BCUT2D eigenvalue weighted by molar-refractivity contribution is 0.0511. The highest BCUT2D eigenvalue weighted by Crippen LogP contribution is 2.12. The number of esters is 1. The van der Waals surface area contributed by atoms with Crippen LogP contribution in [-0.4, -0.2) is 40.5 Å². The van der Waals surface area contributed by atoms with E-state index in [-0.39, 0.29) is 5.82 Å². The number of carbonyl (C=O) groups excluding carboxylic acids is 1. The molecule has 7 nitrogen and oxygen atoms in total. The molecule has 0 spiro atoms. The van der Waals surface area contributed by atoms with Gasteiger partial charge in [-0.2, -0.15) is 0 Å². The minimum atomic E-state index is -0.515. The van der Waals surface area contributed by atoms with Crippen molar-refractivity contribution in [1.29, 1.82) is 0 Å². The Balaban J connectivity index is 2.76. The Kier molecular flexibility index (Phi) is 7.54. The van der Waals surface area contributed by atoms with Crippen LogP contribution >= 0.6 is 30.4 Å². The topological polar surface area (TPSA) is 92.3 Å². The van der Waals surface area contributed by atoms with Gasteiger partial charge in [-0.05, 0) is 13.5 Å². The molecule has 1 rings (SSSR count). The molecule has 102 valence electrons. The van der Waals surface area contributed by atoms with Crippen molar-refractivity contribution in [2.75, 3.05) is 19.8 Å². The van der Waals surface area contributed by atoms with E-state index in [1.165, 1.54) is 9.21 Å². The molecule has 9 heteroatoms. The van der Waals surface area contributed by atoms with Gasteiger partial charge in [0.2, 0.25) is 0 Å². The summed E-state index contributed by atoms with van der Waals surface area (Å²) in [6.45, 7) is 3.49.